The summed E-state index contributed by atoms with van der Waals surface area (Å²) in [5.74, 6) is -0.349. The van der Waals surface area contributed by atoms with Crippen LogP contribution in [-0.2, 0) is 22.7 Å². The second kappa shape index (κ2) is 5.37. The molecule has 0 atom stereocenters. The molecular weight excluding hydrogens is 318 g/mol. The Bertz CT molecular complexity index is 833. The zero-order chi connectivity index (χ0) is 16.0. The van der Waals surface area contributed by atoms with Crippen molar-refractivity contribution in [2.24, 2.45) is 0 Å². The summed E-state index contributed by atoms with van der Waals surface area (Å²) in [7, 11) is 0. The highest BCUT2D eigenvalue weighted by Crippen LogP contribution is 2.36. The summed E-state index contributed by atoms with van der Waals surface area (Å²) in [6, 6.07) is 10.5. The molecule has 4 rings (SSSR count). The van der Waals surface area contributed by atoms with E-state index in [4.69, 9.17) is 21.1 Å². The molecule has 0 aliphatic carbocycles. The van der Waals surface area contributed by atoms with Crippen molar-refractivity contribution in [3.05, 3.63) is 58.1 Å². The fourth-order valence-electron chi connectivity index (χ4n) is 2.95. The maximum absolute atomic E-state index is 12.3. The molecule has 2 aliphatic heterocycles. The molecule has 6 heteroatoms. The minimum absolute atomic E-state index is 0.158. The van der Waals surface area contributed by atoms with Crippen molar-refractivity contribution >= 4 is 29.0 Å². The number of nitrogens with zero attached hydrogens (tertiary/aromatic N) is 1. The quantitative estimate of drug-likeness (QED) is 0.795. The van der Waals surface area contributed by atoms with Crippen LogP contribution in [-0.4, -0.2) is 18.5 Å². The van der Waals surface area contributed by atoms with Crippen LogP contribution in [0.15, 0.2) is 36.4 Å². The Hall–Kier alpha value is -2.37. The van der Waals surface area contributed by atoms with Crippen LogP contribution in [0.3, 0.4) is 0 Å². The topological polar surface area (TPSA) is 55.8 Å². The van der Waals surface area contributed by atoms with Crippen molar-refractivity contribution < 1.29 is 19.1 Å². The first kappa shape index (κ1) is 14.2. The number of rotatable bonds is 2. The molecule has 0 saturated heterocycles. The fourth-order valence-corrected chi connectivity index (χ4v) is 3.21. The van der Waals surface area contributed by atoms with E-state index in [2.05, 4.69) is 0 Å². The molecular formula is C17H12ClNO4. The first-order valence-corrected chi connectivity index (χ1v) is 7.50. The number of benzene rings is 2. The maximum atomic E-state index is 12.3. The molecule has 2 aromatic rings. The molecule has 2 aliphatic rings. The Kier molecular flexibility index (Phi) is 3.32. The lowest BCUT2D eigenvalue weighted by Gasteiger charge is -2.24. The smallest absolute Gasteiger partial charge is 0.299 e. The summed E-state index contributed by atoms with van der Waals surface area (Å²) < 4.78 is 10.8. The number of para-hydroxylation sites is 1. The van der Waals surface area contributed by atoms with E-state index in [0.29, 0.717) is 28.6 Å². The lowest BCUT2D eigenvalue weighted by Crippen LogP contribution is -2.29. The van der Waals surface area contributed by atoms with Gasteiger partial charge in [0.25, 0.3) is 11.7 Å². The third-order valence-corrected chi connectivity index (χ3v) is 4.18. The normalized spacial score (nSPS) is 16.1. The lowest BCUT2D eigenvalue weighted by molar-refractivity contribution is -0.114. The number of ketones is 1. The van der Waals surface area contributed by atoms with Crippen LogP contribution in [0, 0.1) is 0 Å². The average Bonchev–Trinajstić information content (AvgIpc) is 2.80. The van der Waals surface area contributed by atoms with E-state index in [0.717, 1.165) is 11.1 Å². The number of ether oxygens (including phenoxy) is 2. The molecule has 2 aromatic carbocycles. The predicted octanol–water partition coefficient (Wildman–Crippen LogP) is 2.94. The standard InChI is InChI=1S/C17H12ClNO4/c18-12-5-10(16-11(6-12)8-22-9-23-16)7-19-14-4-2-1-3-13(14)15(20)17(19)21/h1-6H,7-9H2. The Morgan fingerprint density at radius 2 is 2.00 bits per heavy atom. The van der Waals surface area contributed by atoms with Crippen LogP contribution >= 0.6 is 11.6 Å². The number of hydrogen-bond donors (Lipinski definition) is 0. The van der Waals surface area contributed by atoms with Crippen molar-refractivity contribution in [3.63, 3.8) is 0 Å². The number of carbonyl (C=O) groups excluding carboxylic acids is 2. The monoisotopic (exact) mass is 329 g/mol. The van der Waals surface area contributed by atoms with Gasteiger partial charge in [0.05, 0.1) is 24.4 Å². The van der Waals surface area contributed by atoms with Crippen molar-refractivity contribution in [1.82, 2.24) is 0 Å². The van der Waals surface area contributed by atoms with Crippen molar-refractivity contribution in [3.8, 4) is 5.75 Å². The van der Waals surface area contributed by atoms with Crippen LogP contribution in [0.4, 0.5) is 5.69 Å². The molecule has 0 unspecified atom stereocenters. The zero-order valence-corrected chi connectivity index (χ0v) is 12.8. The third-order valence-electron chi connectivity index (χ3n) is 3.96. The Balaban J connectivity index is 1.76. The molecule has 0 N–H and O–H groups in total. The first-order valence-electron chi connectivity index (χ1n) is 7.12. The van der Waals surface area contributed by atoms with Crippen LogP contribution in [0.2, 0.25) is 5.02 Å². The Morgan fingerprint density at radius 1 is 1.17 bits per heavy atom. The minimum atomic E-state index is -0.535. The SMILES string of the molecule is O=C1C(=O)N(Cc2cc(Cl)cc3c2OCOC3)c2ccccc21. The van der Waals surface area contributed by atoms with E-state index < -0.39 is 11.7 Å². The van der Waals surface area contributed by atoms with Gasteiger partial charge in [-0.05, 0) is 24.3 Å². The zero-order valence-electron chi connectivity index (χ0n) is 12.0. The summed E-state index contributed by atoms with van der Waals surface area (Å²) in [5, 5.41) is 0.541. The number of carbonyl (C=O) groups is 2. The molecule has 0 radical (unpaired) electrons. The Labute approximate surface area is 137 Å². The maximum Gasteiger partial charge on any atom is 0.299 e. The summed E-state index contributed by atoms with van der Waals surface area (Å²) in [5.41, 5.74) is 2.64. The number of halogens is 1. The highest BCUT2D eigenvalue weighted by molar-refractivity contribution is 6.52. The van der Waals surface area contributed by atoms with Crippen LogP contribution in [0.5, 0.6) is 5.75 Å². The van der Waals surface area contributed by atoms with Gasteiger partial charge >= 0.3 is 0 Å². The molecule has 0 fully saturated rings. The minimum Gasteiger partial charge on any atom is -0.467 e. The molecule has 116 valence electrons. The van der Waals surface area contributed by atoms with Crippen molar-refractivity contribution in [1.29, 1.82) is 0 Å². The molecule has 0 aromatic heterocycles. The predicted molar refractivity (Wildman–Crippen MR) is 83.7 cm³/mol. The third kappa shape index (κ3) is 2.29. The summed E-state index contributed by atoms with van der Waals surface area (Å²) >= 11 is 6.15. The first-order chi connectivity index (χ1) is 11.1. The number of amides is 1. The lowest BCUT2D eigenvalue weighted by atomic mass is 10.1. The van der Waals surface area contributed by atoms with E-state index in [1.807, 2.05) is 0 Å². The van der Waals surface area contributed by atoms with Gasteiger partial charge in [0, 0.05) is 16.1 Å². The molecule has 2 heterocycles. The molecule has 5 nitrogen and oxygen atoms in total. The van der Waals surface area contributed by atoms with Gasteiger partial charge in [0.15, 0.2) is 6.79 Å². The van der Waals surface area contributed by atoms with Gasteiger partial charge in [-0.2, -0.15) is 0 Å². The summed E-state index contributed by atoms with van der Waals surface area (Å²) in [6.07, 6.45) is 0. The van der Waals surface area contributed by atoms with Crippen molar-refractivity contribution in [2.75, 3.05) is 11.7 Å². The fraction of sp³-hybridized carbons (Fsp3) is 0.176. The van der Waals surface area contributed by atoms with Crippen LogP contribution < -0.4 is 9.64 Å². The van der Waals surface area contributed by atoms with E-state index >= 15 is 0 Å². The molecule has 23 heavy (non-hydrogen) atoms. The second-order valence-electron chi connectivity index (χ2n) is 5.40. The largest absolute Gasteiger partial charge is 0.467 e. The van der Waals surface area contributed by atoms with E-state index in [1.165, 1.54) is 4.90 Å². The number of anilines is 1. The van der Waals surface area contributed by atoms with Gasteiger partial charge in [0.2, 0.25) is 0 Å². The summed E-state index contributed by atoms with van der Waals surface area (Å²) in [6.45, 7) is 0.794. The Morgan fingerprint density at radius 3 is 2.87 bits per heavy atom. The van der Waals surface area contributed by atoms with E-state index in [1.54, 1.807) is 36.4 Å². The van der Waals surface area contributed by atoms with Gasteiger partial charge in [-0.25, -0.2) is 0 Å². The van der Waals surface area contributed by atoms with Crippen LogP contribution in [0.1, 0.15) is 21.5 Å². The van der Waals surface area contributed by atoms with Gasteiger partial charge in [-0.15, -0.1) is 0 Å². The highest BCUT2D eigenvalue weighted by atomic mass is 35.5. The van der Waals surface area contributed by atoms with Gasteiger partial charge < -0.3 is 14.4 Å². The number of fused-ring (bicyclic) bond motifs is 2. The highest BCUT2D eigenvalue weighted by Gasteiger charge is 2.36. The second-order valence-corrected chi connectivity index (χ2v) is 5.84. The molecule has 0 saturated carbocycles. The number of hydrogen-bond acceptors (Lipinski definition) is 4. The average molecular weight is 330 g/mol. The van der Waals surface area contributed by atoms with E-state index in [-0.39, 0.29) is 13.3 Å². The molecule has 1 amide bonds. The summed E-state index contributed by atoms with van der Waals surface area (Å²) in [4.78, 5) is 25.8. The van der Waals surface area contributed by atoms with E-state index in [9.17, 15) is 9.59 Å². The molecule has 0 bridgehead atoms. The van der Waals surface area contributed by atoms with Gasteiger partial charge in [0.1, 0.15) is 5.75 Å². The van der Waals surface area contributed by atoms with Crippen molar-refractivity contribution in [2.45, 2.75) is 13.2 Å². The van der Waals surface area contributed by atoms with Gasteiger partial charge in [-0.3, -0.25) is 9.59 Å². The van der Waals surface area contributed by atoms with Crippen LogP contribution in [0.25, 0.3) is 0 Å². The molecule has 0 spiro atoms. The number of Topliss-reactive ketones (excluding diaryl/α,β-unsaturated/α-hetero) is 1. The van der Waals surface area contributed by atoms with Gasteiger partial charge in [-0.1, -0.05) is 23.7 Å².